The van der Waals surface area contributed by atoms with E-state index in [0.717, 1.165) is 135 Å². The average molecular weight is 986 g/mol. The van der Waals surface area contributed by atoms with Crippen LogP contribution in [0, 0.1) is 0 Å². The first-order chi connectivity index (χ1) is 35.0. The van der Waals surface area contributed by atoms with Crippen molar-refractivity contribution >= 4 is 17.9 Å². The van der Waals surface area contributed by atoms with Gasteiger partial charge in [-0.25, -0.2) is 0 Å². The highest BCUT2D eigenvalue weighted by Gasteiger charge is 2.19. The molecule has 0 heterocycles. The Labute approximate surface area is 438 Å². The summed E-state index contributed by atoms with van der Waals surface area (Å²) in [6, 6.07) is 0. The molecule has 0 aliphatic rings. The number of carbonyl (C=O) groups excluding carboxylic acids is 3. The molecule has 0 fully saturated rings. The second-order valence-corrected chi connectivity index (χ2v) is 19.2. The van der Waals surface area contributed by atoms with E-state index in [2.05, 4.69) is 130 Å². The molecule has 1 atom stereocenters. The number of allylic oxidation sites excluding steroid dienone is 18. The fourth-order valence-electron chi connectivity index (χ4n) is 7.86. The Hall–Kier alpha value is -3.93. The van der Waals surface area contributed by atoms with Gasteiger partial charge in [0.2, 0.25) is 0 Å². The van der Waals surface area contributed by atoms with E-state index >= 15 is 0 Å². The van der Waals surface area contributed by atoms with E-state index in [1.165, 1.54) is 89.9 Å². The Bertz CT molecular complexity index is 1460. The lowest BCUT2D eigenvalue weighted by molar-refractivity contribution is -0.167. The maximum absolute atomic E-state index is 12.8. The van der Waals surface area contributed by atoms with Gasteiger partial charge in [-0.2, -0.15) is 0 Å². The van der Waals surface area contributed by atoms with E-state index in [1.54, 1.807) is 0 Å². The van der Waals surface area contributed by atoms with Crippen molar-refractivity contribution < 1.29 is 28.6 Å². The van der Waals surface area contributed by atoms with Crippen LogP contribution in [-0.4, -0.2) is 37.2 Å². The van der Waals surface area contributed by atoms with Crippen molar-refractivity contribution in [1.29, 1.82) is 0 Å². The highest BCUT2D eigenvalue weighted by atomic mass is 16.6. The van der Waals surface area contributed by atoms with Gasteiger partial charge in [0.25, 0.3) is 0 Å². The van der Waals surface area contributed by atoms with Crippen LogP contribution in [0.3, 0.4) is 0 Å². The molecule has 6 nitrogen and oxygen atoms in total. The molecule has 71 heavy (non-hydrogen) atoms. The maximum Gasteiger partial charge on any atom is 0.306 e. The summed E-state index contributed by atoms with van der Waals surface area (Å²) in [4.78, 5) is 37.8. The zero-order valence-corrected chi connectivity index (χ0v) is 46.2. The predicted molar refractivity (Wildman–Crippen MR) is 307 cm³/mol. The molecular weight excluding hydrogens is 877 g/mol. The van der Waals surface area contributed by atoms with Crippen LogP contribution in [-0.2, 0) is 28.6 Å². The topological polar surface area (TPSA) is 78.9 Å². The Morgan fingerprint density at radius 2 is 0.549 bits per heavy atom. The summed E-state index contributed by atoms with van der Waals surface area (Å²) in [7, 11) is 0. The van der Waals surface area contributed by atoms with E-state index in [-0.39, 0.29) is 31.1 Å². The third-order valence-electron chi connectivity index (χ3n) is 12.3. The van der Waals surface area contributed by atoms with Gasteiger partial charge in [0.1, 0.15) is 13.2 Å². The summed E-state index contributed by atoms with van der Waals surface area (Å²) in [6.07, 6.45) is 79.8. The third kappa shape index (κ3) is 56.9. The largest absolute Gasteiger partial charge is 0.462 e. The van der Waals surface area contributed by atoms with Crippen LogP contribution < -0.4 is 0 Å². The van der Waals surface area contributed by atoms with Gasteiger partial charge in [-0.1, -0.05) is 246 Å². The van der Waals surface area contributed by atoms with Crippen molar-refractivity contribution in [2.45, 2.75) is 271 Å². The second-order valence-electron chi connectivity index (χ2n) is 19.2. The first-order valence-corrected chi connectivity index (χ1v) is 29.4. The number of hydrogen-bond acceptors (Lipinski definition) is 6. The fourth-order valence-corrected chi connectivity index (χ4v) is 7.86. The molecule has 0 aromatic heterocycles. The smallest absolute Gasteiger partial charge is 0.306 e. The quantitative estimate of drug-likeness (QED) is 0.0261. The number of esters is 3. The molecule has 0 saturated carbocycles. The van der Waals surface area contributed by atoms with Crippen molar-refractivity contribution in [3.05, 3.63) is 109 Å². The summed E-state index contributed by atoms with van der Waals surface area (Å²) < 4.78 is 16.7. The zero-order valence-electron chi connectivity index (χ0n) is 46.2. The second kappa shape index (κ2) is 58.6. The molecule has 0 aliphatic heterocycles. The Morgan fingerprint density at radius 1 is 0.296 bits per heavy atom. The van der Waals surface area contributed by atoms with Crippen molar-refractivity contribution in [2.75, 3.05) is 13.2 Å². The lowest BCUT2D eigenvalue weighted by Gasteiger charge is -2.18. The van der Waals surface area contributed by atoms with E-state index < -0.39 is 6.10 Å². The molecule has 6 heteroatoms. The van der Waals surface area contributed by atoms with Crippen LogP contribution in [0.1, 0.15) is 265 Å². The lowest BCUT2D eigenvalue weighted by atomic mass is 10.1. The molecule has 1 unspecified atom stereocenters. The van der Waals surface area contributed by atoms with Crippen LogP contribution in [0.4, 0.5) is 0 Å². The molecule has 0 aromatic carbocycles. The van der Waals surface area contributed by atoms with Crippen LogP contribution in [0.15, 0.2) is 109 Å². The molecule has 0 rings (SSSR count). The summed E-state index contributed by atoms with van der Waals surface area (Å²) >= 11 is 0. The van der Waals surface area contributed by atoms with E-state index in [4.69, 9.17) is 14.2 Å². The number of carbonyl (C=O) groups is 3. The zero-order chi connectivity index (χ0) is 51.4. The molecule has 0 radical (unpaired) electrons. The number of hydrogen-bond donors (Lipinski definition) is 0. The van der Waals surface area contributed by atoms with E-state index in [1.807, 2.05) is 0 Å². The molecule has 0 saturated heterocycles. The molecule has 0 N–H and O–H groups in total. The van der Waals surface area contributed by atoms with Gasteiger partial charge in [-0.05, 0) is 109 Å². The highest BCUT2D eigenvalue weighted by Crippen LogP contribution is 2.14. The van der Waals surface area contributed by atoms with Gasteiger partial charge in [-0.15, -0.1) is 0 Å². The maximum atomic E-state index is 12.8. The Morgan fingerprint density at radius 3 is 0.859 bits per heavy atom. The Balaban J connectivity index is 4.17. The fraction of sp³-hybridized carbons (Fsp3) is 0.677. The van der Waals surface area contributed by atoms with Crippen molar-refractivity contribution in [3.8, 4) is 0 Å². The van der Waals surface area contributed by atoms with Crippen LogP contribution in [0.2, 0.25) is 0 Å². The van der Waals surface area contributed by atoms with Gasteiger partial charge >= 0.3 is 17.9 Å². The number of unbranched alkanes of at least 4 members (excludes halogenated alkanes) is 23. The SMILES string of the molecule is CC/C=C\C/C=C\C/C=C\C/C=C\C/C=C\C/C=C\CCCCCCCCC(=O)OCC(COC(=O)CCCCCCC)OC(=O)CCCCCCCCCC/C=C\C/C=C\C/C=C\CCCCCCC. The average Bonchev–Trinajstić information content (AvgIpc) is 3.37. The molecular formula is C65H108O6. The van der Waals surface area contributed by atoms with Gasteiger partial charge in [-0.3, -0.25) is 14.4 Å². The highest BCUT2D eigenvalue weighted by molar-refractivity contribution is 5.71. The minimum atomic E-state index is -0.787. The van der Waals surface area contributed by atoms with E-state index in [9.17, 15) is 14.4 Å². The number of ether oxygens (including phenoxy) is 3. The first-order valence-electron chi connectivity index (χ1n) is 29.4. The van der Waals surface area contributed by atoms with Gasteiger partial charge in [0.05, 0.1) is 0 Å². The normalized spacial score (nSPS) is 12.9. The summed E-state index contributed by atoms with van der Waals surface area (Å²) in [5, 5.41) is 0. The minimum absolute atomic E-state index is 0.0879. The molecule has 0 aromatic rings. The summed E-state index contributed by atoms with van der Waals surface area (Å²) in [6.45, 7) is 6.41. The van der Waals surface area contributed by atoms with E-state index in [0.29, 0.717) is 19.3 Å². The van der Waals surface area contributed by atoms with Crippen LogP contribution in [0.5, 0.6) is 0 Å². The summed E-state index contributed by atoms with van der Waals surface area (Å²) in [5.41, 5.74) is 0. The van der Waals surface area contributed by atoms with Gasteiger partial charge in [0, 0.05) is 19.3 Å². The monoisotopic (exact) mass is 985 g/mol. The van der Waals surface area contributed by atoms with Crippen molar-refractivity contribution in [2.24, 2.45) is 0 Å². The van der Waals surface area contributed by atoms with Crippen LogP contribution >= 0.6 is 0 Å². The van der Waals surface area contributed by atoms with Gasteiger partial charge < -0.3 is 14.2 Å². The van der Waals surface area contributed by atoms with Crippen molar-refractivity contribution in [3.63, 3.8) is 0 Å². The van der Waals surface area contributed by atoms with Gasteiger partial charge in [0.15, 0.2) is 6.10 Å². The molecule has 0 spiro atoms. The standard InChI is InChI=1S/C65H108O6/c1-4-7-10-13-15-17-19-21-23-25-27-29-31-32-34-35-37-39-41-43-45-47-49-52-55-58-64(67)70-61-62(60-69-63(66)57-54-51-12-9-6-3)71-65(68)59-56-53-50-48-46-44-42-40-38-36-33-30-28-26-24-22-20-18-16-14-11-8-5-2/h7,10,15,17,20-23,26-29,32-34,36-37,39,62H,4-6,8-9,11-14,16,18-19,24-25,30-31,35,38,40-61H2,1-3H3/b10-7-,17-15-,22-20-,23-21-,28-26-,29-27-,34-32-,36-33-,39-37-. The molecule has 404 valence electrons. The summed E-state index contributed by atoms with van der Waals surface area (Å²) in [5.74, 6) is -0.924. The first kappa shape index (κ1) is 67.1. The number of rotatable bonds is 52. The lowest BCUT2D eigenvalue weighted by Crippen LogP contribution is -2.30. The predicted octanol–water partition coefficient (Wildman–Crippen LogP) is 19.9. The molecule has 0 bridgehead atoms. The minimum Gasteiger partial charge on any atom is -0.462 e. The molecule has 0 amide bonds. The Kier molecular flexibility index (Phi) is 55.4. The third-order valence-corrected chi connectivity index (χ3v) is 12.3. The molecule has 0 aliphatic carbocycles. The van der Waals surface area contributed by atoms with Crippen molar-refractivity contribution in [1.82, 2.24) is 0 Å². The van der Waals surface area contributed by atoms with Crippen LogP contribution in [0.25, 0.3) is 0 Å².